The lowest BCUT2D eigenvalue weighted by Crippen LogP contribution is -3.26. The molecule has 3 rings (SSSR count). The summed E-state index contributed by atoms with van der Waals surface area (Å²) >= 11 is 0. The van der Waals surface area contributed by atoms with Crippen LogP contribution < -0.4 is 9.80 Å². The average molecular weight is 288 g/mol. The predicted octanol–water partition coefficient (Wildman–Crippen LogP) is -1.71. The van der Waals surface area contributed by atoms with E-state index in [2.05, 4.69) is 0 Å². The molecular formula is C14H28N2O2S+2. The van der Waals surface area contributed by atoms with Gasteiger partial charge in [0.1, 0.15) is 11.5 Å². The van der Waals surface area contributed by atoms with Gasteiger partial charge >= 0.3 is 0 Å². The summed E-state index contributed by atoms with van der Waals surface area (Å²) in [4.78, 5) is 3.19. The molecular weight excluding hydrogens is 260 g/mol. The van der Waals surface area contributed by atoms with Crippen LogP contribution in [0.15, 0.2) is 0 Å². The van der Waals surface area contributed by atoms with Crippen molar-refractivity contribution < 1.29 is 18.2 Å². The zero-order valence-electron chi connectivity index (χ0n) is 11.9. The average Bonchev–Trinajstić information content (AvgIpc) is 2.77. The van der Waals surface area contributed by atoms with E-state index in [9.17, 15) is 8.42 Å². The van der Waals surface area contributed by atoms with Crippen LogP contribution in [0.2, 0.25) is 0 Å². The molecule has 5 heteroatoms. The number of rotatable bonds is 2. The highest BCUT2D eigenvalue weighted by molar-refractivity contribution is 7.91. The standard InChI is InChI=1S/C14H26N2O2S/c17-19(18)11-13(15-7-3-1-4-8-15)14(12-19)16-9-5-2-6-10-16/h13-14H,1-12H2/p+2/t13-,14+. The summed E-state index contributed by atoms with van der Waals surface area (Å²) in [5.74, 6) is 0.910. The van der Waals surface area contributed by atoms with E-state index in [-0.39, 0.29) is 0 Å². The highest BCUT2D eigenvalue weighted by Gasteiger charge is 2.49. The fraction of sp³-hybridized carbons (Fsp3) is 1.00. The molecule has 0 aromatic carbocycles. The molecule has 0 radical (unpaired) electrons. The van der Waals surface area contributed by atoms with Gasteiger partial charge in [-0.2, -0.15) is 0 Å². The molecule has 0 unspecified atom stereocenters. The summed E-state index contributed by atoms with van der Waals surface area (Å²) < 4.78 is 24.2. The minimum atomic E-state index is -2.78. The Morgan fingerprint density at radius 2 is 1.00 bits per heavy atom. The van der Waals surface area contributed by atoms with E-state index >= 15 is 0 Å². The summed E-state index contributed by atoms with van der Waals surface area (Å²) in [5.41, 5.74) is 0. The molecule has 19 heavy (non-hydrogen) atoms. The largest absolute Gasteiger partial charge is 0.327 e. The van der Waals surface area contributed by atoms with Crippen molar-refractivity contribution in [2.24, 2.45) is 0 Å². The van der Waals surface area contributed by atoms with Gasteiger partial charge in [0, 0.05) is 0 Å². The summed E-state index contributed by atoms with van der Waals surface area (Å²) in [7, 11) is -2.78. The molecule has 0 aromatic heterocycles. The Morgan fingerprint density at radius 1 is 0.632 bits per heavy atom. The Balaban J connectivity index is 1.74. The zero-order chi connectivity index (χ0) is 13.3. The predicted molar refractivity (Wildman–Crippen MR) is 75.3 cm³/mol. The van der Waals surface area contributed by atoms with E-state index in [1.165, 1.54) is 64.7 Å². The van der Waals surface area contributed by atoms with Crippen LogP contribution in [-0.4, -0.2) is 58.2 Å². The van der Waals surface area contributed by atoms with E-state index in [0.29, 0.717) is 23.6 Å². The summed E-state index contributed by atoms with van der Waals surface area (Å²) in [6.45, 7) is 4.79. The normalized spacial score (nSPS) is 37.5. The Hall–Kier alpha value is -0.130. The second-order valence-electron chi connectivity index (χ2n) is 6.73. The number of nitrogens with one attached hydrogen (secondary N) is 2. The molecule has 0 amide bonds. The number of hydrogen-bond donors (Lipinski definition) is 2. The molecule has 0 aromatic rings. The second kappa shape index (κ2) is 5.70. The molecule has 2 N–H and O–H groups in total. The second-order valence-corrected chi connectivity index (χ2v) is 8.88. The third kappa shape index (κ3) is 3.14. The molecule has 110 valence electrons. The van der Waals surface area contributed by atoms with Gasteiger partial charge in [-0.25, -0.2) is 8.42 Å². The molecule has 3 aliphatic heterocycles. The molecule has 4 nitrogen and oxygen atoms in total. The lowest BCUT2D eigenvalue weighted by atomic mass is 10.0. The van der Waals surface area contributed by atoms with Crippen molar-refractivity contribution in [1.82, 2.24) is 0 Å². The van der Waals surface area contributed by atoms with E-state index < -0.39 is 9.84 Å². The SMILES string of the molecule is O=S1(=O)C[C@@H]([NH+]2CCCCC2)[C@@H]([NH+]2CCCCC2)C1. The maximum absolute atomic E-state index is 12.1. The third-order valence-corrected chi connectivity index (χ3v) is 7.13. The molecule has 3 heterocycles. The first kappa shape index (κ1) is 13.8. The lowest BCUT2D eigenvalue weighted by Gasteiger charge is -2.36. The van der Waals surface area contributed by atoms with Crippen molar-refractivity contribution in [3.05, 3.63) is 0 Å². The fourth-order valence-corrected chi connectivity index (χ4v) is 6.57. The Morgan fingerprint density at radius 3 is 1.37 bits per heavy atom. The van der Waals surface area contributed by atoms with Gasteiger partial charge in [0.15, 0.2) is 21.9 Å². The topological polar surface area (TPSA) is 43.0 Å². The van der Waals surface area contributed by atoms with Gasteiger partial charge in [0.25, 0.3) is 0 Å². The van der Waals surface area contributed by atoms with Gasteiger partial charge in [-0.1, -0.05) is 0 Å². The first-order chi connectivity index (χ1) is 9.16. The van der Waals surface area contributed by atoms with Gasteiger partial charge in [0.05, 0.1) is 26.2 Å². The Labute approximate surface area is 117 Å². The number of hydrogen-bond acceptors (Lipinski definition) is 2. The summed E-state index contributed by atoms with van der Waals surface area (Å²) in [6, 6.07) is 0.775. The number of piperidine rings is 2. The van der Waals surface area contributed by atoms with Crippen molar-refractivity contribution >= 4 is 9.84 Å². The monoisotopic (exact) mass is 288 g/mol. The van der Waals surface area contributed by atoms with E-state index in [1.54, 1.807) is 9.80 Å². The lowest BCUT2D eigenvalue weighted by molar-refractivity contribution is -0.993. The summed E-state index contributed by atoms with van der Waals surface area (Å²) in [6.07, 6.45) is 7.82. The number of sulfone groups is 1. The van der Waals surface area contributed by atoms with Crippen molar-refractivity contribution in [2.45, 2.75) is 50.6 Å². The van der Waals surface area contributed by atoms with Crippen LogP contribution in [0, 0.1) is 0 Å². The van der Waals surface area contributed by atoms with Gasteiger partial charge in [0.2, 0.25) is 0 Å². The quantitative estimate of drug-likeness (QED) is 0.635. The number of quaternary nitrogens is 2. The molecule has 3 fully saturated rings. The zero-order valence-corrected chi connectivity index (χ0v) is 12.7. The molecule has 0 bridgehead atoms. The molecule has 0 saturated carbocycles. The van der Waals surface area contributed by atoms with Gasteiger partial charge in [-0.15, -0.1) is 0 Å². The number of likely N-dealkylation sites (tertiary alicyclic amines) is 2. The van der Waals surface area contributed by atoms with E-state index in [1.807, 2.05) is 0 Å². The van der Waals surface area contributed by atoms with Crippen LogP contribution in [0.3, 0.4) is 0 Å². The van der Waals surface area contributed by atoms with Gasteiger partial charge in [-0.05, 0) is 38.5 Å². The van der Waals surface area contributed by atoms with Crippen molar-refractivity contribution in [1.29, 1.82) is 0 Å². The first-order valence-corrected chi connectivity index (χ1v) is 9.87. The van der Waals surface area contributed by atoms with Crippen molar-refractivity contribution in [2.75, 3.05) is 37.7 Å². The summed E-state index contributed by atoms with van der Waals surface area (Å²) in [5, 5.41) is 0. The maximum Gasteiger partial charge on any atom is 0.162 e. The molecule has 3 saturated heterocycles. The molecule has 2 atom stereocenters. The molecule has 0 aliphatic carbocycles. The van der Waals surface area contributed by atoms with Crippen molar-refractivity contribution in [3.8, 4) is 0 Å². The third-order valence-electron chi connectivity index (χ3n) is 5.39. The highest BCUT2D eigenvalue weighted by atomic mass is 32.2. The van der Waals surface area contributed by atoms with Crippen LogP contribution in [0.1, 0.15) is 38.5 Å². The van der Waals surface area contributed by atoms with Crippen LogP contribution in [0.4, 0.5) is 0 Å². The van der Waals surface area contributed by atoms with Crippen LogP contribution in [0.5, 0.6) is 0 Å². The Kier molecular flexibility index (Phi) is 4.15. The van der Waals surface area contributed by atoms with Gasteiger partial charge in [-0.3, -0.25) is 0 Å². The minimum Gasteiger partial charge on any atom is -0.327 e. The Bertz CT molecular complexity index is 366. The smallest absolute Gasteiger partial charge is 0.162 e. The van der Waals surface area contributed by atoms with Crippen LogP contribution >= 0.6 is 0 Å². The fourth-order valence-electron chi connectivity index (χ4n) is 4.41. The first-order valence-electron chi connectivity index (χ1n) is 8.05. The van der Waals surface area contributed by atoms with E-state index in [0.717, 1.165) is 0 Å². The molecule has 0 spiro atoms. The maximum atomic E-state index is 12.1. The van der Waals surface area contributed by atoms with E-state index in [4.69, 9.17) is 0 Å². The van der Waals surface area contributed by atoms with Crippen LogP contribution in [-0.2, 0) is 9.84 Å². The minimum absolute atomic E-state index is 0.387. The molecule has 3 aliphatic rings. The van der Waals surface area contributed by atoms with Crippen LogP contribution in [0.25, 0.3) is 0 Å². The highest BCUT2D eigenvalue weighted by Crippen LogP contribution is 2.11. The van der Waals surface area contributed by atoms with Crippen molar-refractivity contribution in [3.63, 3.8) is 0 Å². The van der Waals surface area contributed by atoms with Gasteiger partial charge < -0.3 is 9.80 Å².